The van der Waals surface area contributed by atoms with Crippen LogP contribution in [-0.2, 0) is 11.3 Å². The van der Waals surface area contributed by atoms with Crippen LogP contribution in [0.15, 0.2) is 29.9 Å². The van der Waals surface area contributed by atoms with Gasteiger partial charge < -0.3 is 10.6 Å². The summed E-state index contributed by atoms with van der Waals surface area (Å²) in [6.07, 6.45) is 3.51. The Balaban J connectivity index is 1.56. The monoisotopic (exact) mass is 302 g/mol. The van der Waals surface area contributed by atoms with Gasteiger partial charge in [0.2, 0.25) is 5.91 Å². The highest BCUT2D eigenvalue weighted by molar-refractivity contribution is 7.09. The van der Waals surface area contributed by atoms with E-state index in [1.165, 1.54) is 0 Å². The second-order valence-corrected chi connectivity index (χ2v) is 6.23. The minimum absolute atomic E-state index is 0.0610. The van der Waals surface area contributed by atoms with Crippen LogP contribution in [0.1, 0.15) is 11.9 Å². The van der Waals surface area contributed by atoms with Gasteiger partial charge in [-0.25, -0.2) is 4.98 Å². The van der Waals surface area contributed by atoms with E-state index in [0.29, 0.717) is 12.5 Å². The highest BCUT2D eigenvalue weighted by Crippen LogP contribution is 2.21. The fourth-order valence-corrected chi connectivity index (χ4v) is 2.99. The molecule has 110 valence electrons. The molecular formula is C15H18N4OS. The normalized spacial score (nSPS) is 16.2. The van der Waals surface area contributed by atoms with E-state index in [0.717, 1.165) is 29.4 Å². The maximum Gasteiger partial charge on any atom is 0.223 e. The number of nitrogens with one attached hydrogen (secondary N) is 2. The van der Waals surface area contributed by atoms with Crippen LogP contribution in [0.4, 0.5) is 0 Å². The van der Waals surface area contributed by atoms with E-state index >= 15 is 0 Å². The zero-order valence-electron chi connectivity index (χ0n) is 11.9. The standard InChI is InChI=1S/C15H18N4OS/c1-10(12-6-17-7-12)15(20)18-8-14-19-13(9-21-14)11-2-4-16-5-3-11/h2-5,9-10,12,17H,6-8H2,1H3,(H,18,20). The van der Waals surface area contributed by atoms with Crippen molar-refractivity contribution in [2.24, 2.45) is 11.8 Å². The van der Waals surface area contributed by atoms with Crippen LogP contribution in [0.3, 0.4) is 0 Å². The van der Waals surface area contributed by atoms with Crippen LogP contribution in [-0.4, -0.2) is 29.0 Å². The number of hydrogen-bond acceptors (Lipinski definition) is 5. The van der Waals surface area contributed by atoms with Crippen molar-refractivity contribution in [1.82, 2.24) is 20.6 Å². The minimum atomic E-state index is 0.0610. The summed E-state index contributed by atoms with van der Waals surface area (Å²) in [5, 5.41) is 9.11. The summed E-state index contributed by atoms with van der Waals surface area (Å²) in [6.45, 7) is 4.38. The van der Waals surface area contributed by atoms with Crippen molar-refractivity contribution < 1.29 is 4.79 Å². The highest BCUT2D eigenvalue weighted by atomic mass is 32.1. The summed E-state index contributed by atoms with van der Waals surface area (Å²) >= 11 is 1.57. The third-order valence-corrected chi connectivity index (χ3v) is 4.72. The Bertz CT molecular complexity index is 609. The van der Waals surface area contributed by atoms with E-state index in [1.54, 1.807) is 23.7 Å². The molecule has 5 nitrogen and oxygen atoms in total. The van der Waals surface area contributed by atoms with Gasteiger partial charge in [-0.3, -0.25) is 9.78 Å². The first kappa shape index (κ1) is 14.2. The van der Waals surface area contributed by atoms with Gasteiger partial charge >= 0.3 is 0 Å². The first-order valence-electron chi connectivity index (χ1n) is 7.07. The molecule has 3 heterocycles. The van der Waals surface area contributed by atoms with Gasteiger partial charge in [0.25, 0.3) is 0 Å². The average Bonchev–Trinajstić information content (AvgIpc) is 2.92. The van der Waals surface area contributed by atoms with Gasteiger partial charge in [0.1, 0.15) is 5.01 Å². The molecule has 6 heteroatoms. The summed E-state index contributed by atoms with van der Waals surface area (Å²) in [5.41, 5.74) is 1.98. The lowest BCUT2D eigenvalue weighted by Crippen LogP contribution is -2.49. The first-order chi connectivity index (χ1) is 10.2. The smallest absolute Gasteiger partial charge is 0.223 e. The SMILES string of the molecule is CC(C(=O)NCc1nc(-c2ccncc2)cs1)C1CNC1. The molecule has 2 aromatic rings. The van der Waals surface area contributed by atoms with Crippen molar-refractivity contribution in [1.29, 1.82) is 0 Å². The van der Waals surface area contributed by atoms with Crippen LogP contribution in [0.25, 0.3) is 11.3 Å². The van der Waals surface area contributed by atoms with Crippen LogP contribution < -0.4 is 10.6 Å². The highest BCUT2D eigenvalue weighted by Gasteiger charge is 2.28. The number of thiazole rings is 1. The van der Waals surface area contributed by atoms with Gasteiger partial charge in [-0.2, -0.15) is 0 Å². The third-order valence-electron chi connectivity index (χ3n) is 3.88. The summed E-state index contributed by atoms with van der Waals surface area (Å²) in [6, 6.07) is 3.87. The Hall–Kier alpha value is -1.79. The molecule has 1 aliphatic rings. The number of amides is 1. The van der Waals surface area contributed by atoms with Crippen LogP contribution in [0, 0.1) is 11.8 Å². The predicted octanol–water partition coefficient (Wildman–Crippen LogP) is 1.68. The molecule has 0 radical (unpaired) electrons. The van der Waals surface area contributed by atoms with E-state index in [2.05, 4.69) is 20.6 Å². The lowest BCUT2D eigenvalue weighted by atomic mass is 9.88. The van der Waals surface area contributed by atoms with Crippen molar-refractivity contribution in [3.63, 3.8) is 0 Å². The van der Waals surface area contributed by atoms with Crippen LogP contribution >= 0.6 is 11.3 Å². The number of pyridine rings is 1. The van der Waals surface area contributed by atoms with Crippen molar-refractivity contribution >= 4 is 17.2 Å². The molecule has 2 N–H and O–H groups in total. The summed E-state index contributed by atoms with van der Waals surface area (Å²) < 4.78 is 0. The Labute approximate surface area is 127 Å². The molecule has 0 saturated carbocycles. The number of aromatic nitrogens is 2. The summed E-state index contributed by atoms with van der Waals surface area (Å²) in [5.74, 6) is 0.640. The second-order valence-electron chi connectivity index (χ2n) is 5.29. The topological polar surface area (TPSA) is 66.9 Å². The molecule has 1 aliphatic heterocycles. The van der Waals surface area contributed by atoms with Gasteiger partial charge in [-0.05, 0) is 31.1 Å². The molecule has 0 bridgehead atoms. The quantitative estimate of drug-likeness (QED) is 0.882. The van der Waals surface area contributed by atoms with Crippen molar-refractivity contribution in [2.45, 2.75) is 13.5 Å². The number of nitrogens with zero attached hydrogens (tertiary/aromatic N) is 2. The maximum absolute atomic E-state index is 12.1. The Morgan fingerprint density at radius 2 is 2.24 bits per heavy atom. The third kappa shape index (κ3) is 3.28. The summed E-state index contributed by atoms with van der Waals surface area (Å²) in [7, 11) is 0. The largest absolute Gasteiger partial charge is 0.349 e. The lowest BCUT2D eigenvalue weighted by Gasteiger charge is -2.31. The van der Waals surface area contributed by atoms with E-state index in [4.69, 9.17) is 0 Å². The molecule has 1 unspecified atom stereocenters. The number of carbonyl (C=O) groups is 1. The van der Waals surface area contributed by atoms with Crippen LogP contribution in [0.2, 0.25) is 0 Å². The number of carbonyl (C=O) groups excluding carboxylic acids is 1. The second kappa shape index (κ2) is 6.32. The van der Waals surface area contributed by atoms with E-state index in [9.17, 15) is 4.79 Å². The minimum Gasteiger partial charge on any atom is -0.349 e. The lowest BCUT2D eigenvalue weighted by molar-refractivity contribution is -0.126. The molecule has 0 aromatic carbocycles. The summed E-state index contributed by atoms with van der Waals surface area (Å²) in [4.78, 5) is 20.6. The average molecular weight is 302 g/mol. The maximum atomic E-state index is 12.1. The fourth-order valence-electron chi connectivity index (χ4n) is 2.25. The Morgan fingerprint density at radius 3 is 2.90 bits per heavy atom. The molecule has 0 spiro atoms. The molecule has 1 amide bonds. The Kier molecular flexibility index (Phi) is 4.26. The van der Waals surface area contributed by atoms with Gasteiger partial charge in [0, 0.05) is 29.3 Å². The Morgan fingerprint density at radius 1 is 1.48 bits per heavy atom. The van der Waals surface area contributed by atoms with Gasteiger partial charge in [-0.1, -0.05) is 6.92 Å². The van der Waals surface area contributed by atoms with Gasteiger partial charge in [0.05, 0.1) is 12.2 Å². The van der Waals surface area contributed by atoms with E-state index in [-0.39, 0.29) is 11.8 Å². The molecule has 3 rings (SSSR count). The number of rotatable bonds is 5. The molecule has 0 aliphatic carbocycles. The molecule has 2 aromatic heterocycles. The first-order valence-corrected chi connectivity index (χ1v) is 7.95. The molecule has 1 fully saturated rings. The molecule has 21 heavy (non-hydrogen) atoms. The van der Waals surface area contributed by atoms with Gasteiger partial charge in [-0.15, -0.1) is 11.3 Å². The predicted molar refractivity (Wildman–Crippen MR) is 82.7 cm³/mol. The molecule has 1 atom stereocenters. The van der Waals surface area contributed by atoms with Crippen LogP contribution in [0.5, 0.6) is 0 Å². The molecular weight excluding hydrogens is 284 g/mol. The van der Waals surface area contributed by atoms with Gasteiger partial charge in [0.15, 0.2) is 0 Å². The van der Waals surface area contributed by atoms with Crippen molar-refractivity contribution in [2.75, 3.05) is 13.1 Å². The number of hydrogen-bond donors (Lipinski definition) is 2. The zero-order valence-corrected chi connectivity index (χ0v) is 12.7. The van der Waals surface area contributed by atoms with E-state index in [1.807, 2.05) is 24.4 Å². The van der Waals surface area contributed by atoms with Crippen molar-refractivity contribution in [3.05, 3.63) is 34.9 Å². The van der Waals surface area contributed by atoms with E-state index < -0.39 is 0 Å². The molecule has 1 saturated heterocycles. The van der Waals surface area contributed by atoms with Crippen molar-refractivity contribution in [3.8, 4) is 11.3 Å². The zero-order chi connectivity index (χ0) is 14.7. The fraction of sp³-hybridized carbons (Fsp3) is 0.400.